The quantitative estimate of drug-likeness (QED) is 0.417. The fraction of sp³-hybridized carbons (Fsp3) is 0.424. The third kappa shape index (κ3) is 4.17. The molecular formula is C33H38N2O3. The summed E-state index contributed by atoms with van der Waals surface area (Å²) in [6.45, 7) is 6.80. The molecule has 1 saturated heterocycles. The average Bonchev–Trinajstić information content (AvgIpc) is 2.95. The van der Waals surface area contributed by atoms with Crippen molar-refractivity contribution in [1.29, 1.82) is 0 Å². The summed E-state index contributed by atoms with van der Waals surface area (Å²) in [6.07, 6.45) is 4.52. The van der Waals surface area contributed by atoms with Crippen molar-refractivity contribution in [3.8, 4) is 11.5 Å². The van der Waals surface area contributed by atoms with Crippen molar-refractivity contribution in [1.82, 2.24) is 4.90 Å². The highest BCUT2D eigenvalue weighted by Gasteiger charge is 2.51. The monoisotopic (exact) mass is 510 g/mol. The summed E-state index contributed by atoms with van der Waals surface area (Å²) in [6, 6.07) is 24.4. The number of carbonyl (C=O) groups excluding carboxylic acids is 1. The normalized spacial score (nSPS) is 24.6. The fourth-order valence-corrected chi connectivity index (χ4v) is 7.15. The Morgan fingerprint density at radius 3 is 2.18 bits per heavy atom. The van der Waals surface area contributed by atoms with E-state index in [-0.39, 0.29) is 17.9 Å². The van der Waals surface area contributed by atoms with E-state index in [1.807, 2.05) is 48.5 Å². The molecule has 5 nitrogen and oxygen atoms in total. The number of carbonyl (C=O) groups is 1. The zero-order valence-corrected chi connectivity index (χ0v) is 22.5. The van der Waals surface area contributed by atoms with Crippen LogP contribution in [0.2, 0.25) is 0 Å². The van der Waals surface area contributed by atoms with Crippen LogP contribution < -0.4 is 9.64 Å². The van der Waals surface area contributed by atoms with Crippen LogP contribution in [-0.4, -0.2) is 41.1 Å². The molecule has 0 spiro atoms. The maximum absolute atomic E-state index is 14.7. The first-order valence-electron chi connectivity index (χ1n) is 14.3. The Morgan fingerprint density at radius 2 is 1.55 bits per heavy atom. The second kappa shape index (κ2) is 10.1. The Balaban J connectivity index is 1.42. The first kappa shape index (κ1) is 25.0. The number of benzene rings is 3. The Morgan fingerprint density at radius 1 is 0.921 bits per heavy atom. The van der Waals surface area contributed by atoms with Gasteiger partial charge in [-0.1, -0.05) is 61.4 Å². The SMILES string of the molecule is CCN(CC)c1ccc([C@@H]2[C@H]3CCCC[C@@]3(O)CCN2C(=O)C2c3ccccc3Oc3ccccc32)cc1. The highest BCUT2D eigenvalue weighted by atomic mass is 16.5. The molecular weight excluding hydrogens is 472 g/mol. The third-order valence-electron chi connectivity index (χ3n) is 9.14. The van der Waals surface area contributed by atoms with Crippen LogP contribution in [0.3, 0.4) is 0 Å². The standard InChI is InChI=1S/C33H38N2O3/c1-3-34(4-2)24-18-16-23(17-19-24)31-27-13-9-10-20-33(27,37)21-22-35(31)32(36)30-25-11-5-7-14-28(25)38-29-15-8-6-12-26(29)30/h5-8,11-12,14-19,27,30-31,37H,3-4,9-10,13,20-22H2,1-2H3/t27-,31-,33-/m1/s1. The van der Waals surface area contributed by atoms with Gasteiger partial charge in [-0.3, -0.25) is 4.79 Å². The number of rotatable bonds is 5. The van der Waals surface area contributed by atoms with Crippen molar-refractivity contribution in [2.75, 3.05) is 24.5 Å². The number of para-hydroxylation sites is 2. The molecule has 0 bridgehead atoms. The van der Waals surface area contributed by atoms with Crippen molar-refractivity contribution in [3.63, 3.8) is 0 Å². The second-order valence-electron chi connectivity index (χ2n) is 11.1. The van der Waals surface area contributed by atoms with E-state index >= 15 is 0 Å². The number of anilines is 1. The van der Waals surface area contributed by atoms with Crippen molar-refractivity contribution in [2.24, 2.45) is 5.92 Å². The summed E-state index contributed by atoms with van der Waals surface area (Å²) in [5, 5.41) is 11.8. The Hall–Kier alpha value is -3.31. The second-order valence-corrected chi connectivity index (χ2v) is 11.1. The van der Waals surface area contributed by atoms with E-state index in [4.69, 9.17) is 4.74 Å². The summed E-state index contributed by atoms with van der Waals surface area (Å²) in [4.78, 5) is 19.1. The molecule has 1 amide bonds. The summed E-state index contributed by atoms with van der Waals surface area (Å²) in [5.41, 5.74) is 3.42. The van der Waals surface area contributed by atoms with E-state index in [0.717, 1.165) is 67.0 Å². The third-order valence-corrected chi connectivity index (χ3v) is 9.14. The predicted octanol–water partition coefficient (Wildman–Crippen LogP) is 6.67. The Bertz CT molecular complexity index is 1260. The number of ether oxygens (including phenoxy) is 1. The molecule has 2 aliphatic heterocycles. The number of nitrogens with zero attached hydrogens (tertiary/aromatic N) is 2. The van der Waals surface area contributed by atoms with Gasteiger partial charge in [-0.05, 0) is 62.9 Å². The maximum Gasteiger partial charge on any atom is 0.235 e. The molecule has 198 valence electrons. The van der Waals surface area contributed by atoms with Crippen LogP contribution in [0.4, 0.5) is 5.69 Å². The van der Waals surface area contributed by atoms with E-state index in [1.54, 1.807) is 0 Å². The molecule has 3 atom stereocenters. The van der Waals surface area contributed by atoms with Gasteiger partial charge in [0.05, 0.1) is 17.6 Å². The van der Waals surface area contributed by atoms with Gasteiger partial charge >= 0.3 is 0 Å². The molecule has 0 radical (unpaired) electrons. The number of piperidine rings is 1. The van der Waals surface area contributed by atoms with Crippen LogP contribution in [0, 0.1) is 5.92 Å². The molecule has 5 heteroatoms. The number of amides is 1. The fourth-order valence-electron chi connectivity index (χ4n) is 7.15. The number of hydrogen-bond acceptors (Lipinski definition) is 4. The van der Waals surface area contributed by atoms with Gasteiger partial charge in [-0.2, -0.15) is 0 Å². The molecule has 3 aromatic rings. The average molecular weight is 511 g/mol. The lowest BCUT2D eigenvalue weighted by Crippen LogP contribution is -2.57. The molecule has 2 fully saturated rings. The maximum atomic E-state index is 14.7. The summed E-state index contributed by atoms with van der Waals surface area (Å²) in [5.74, 6) is 1.19. The van der Waals surface area contributed by atoms with Gasteiger partial charge in [0.2, 0.25) is 5.91 Å². The number of likely N-dealkylation sites (tertiary alicyclic amines) is 1. The Kier molecular flexibility index (Phi) is 6.65. The van der Waals surface area contributed by atoms with Crippen LogP contribution >= 0.6 is 0 Å². The molecule has 38 heavy (non-hydrogen) atoms. The molecule has 2 heterocycles. The molecule has 3 aliphatic rings. The minimum atomic E-state index is -0.720. The largest absolute Gasteiger partial charge is 0.457 e. The highest BCUT2D eigenvalue weighted by molar-refractivity contribution is 5.90. The van der Waals surface area contributed by atoms with Gasteiger partial charge in [0.1, 0.15) is 11.5 Å². The van der Waals surface area contributed by atoms with Crippen molar-refractivity contribution in [2.45, 2.75) is 63.5 Å². The van der Waals surface area contributed by atoms with E-state index < -0.39 is 11.5 Å². The van der Waals surface area contributed by atoms with Crippen LogP contribution in [0.15, 0.2) is 72.8 Å². The molecule has 3 aromatic carbocycles. The molecule has 0 unspecified atom stereocenters. The molecule has 0 aromatic heterocycles. The van der Waals surface area contributed by atoms with Gasteiger partial charge in [0.25, 0.3) is 0 Å². The highest BCUT2D eigenvalue weighted by Crippen LogP contribution is 2.52. The topological polar surface area (TPSA) is 53.0 Å². The van der Waals surface area contributed by atoms with Crippen molar-refractivity contribution in [3.05, 3.63) is 89.5 Å². The summed E-state index contributed by atoms with van der Waals surface area (Å²) in [7, 11) is 0. The zero-order valence-electron chi connectivity index (χ0n) is 22.5. The predicted molar refractivity (Wildman–Crippen MR) is 151 cm³/mol. The summed E-state index contributed by atoms with van der Waals surface area (Å²) < 4.78 is 6.20. The van der Waals surface area contributed by atoms with Gasteiger partial charge < -0.3 is 19.6 Å². The van der Waals surface area contributed by atoms with Crippen LogP contribution in [0.25, 0.3) is 0 Å². The van der Waals surface area contributed by atoms with E-state index in [2.05, 4.69) is 47.9 Å². The van der Waals surface area contributed by atoms with Crippen LogP contribution in [0.5, 0.6) is 11.5 Å². The number of fused-ring (bicyclic) bond motifs is 3. The molecule has 1 N–H and O–H groups in total. The molecule has 6 rings (SSSR count). The first-order chi connectivity index (χ1) is 18.5. The van der Waals surface area contributed by atoms with Gasteiger partial charge in [0.15, 0.2) is 0 Å². The Labute approximate surface area is 226 Å². The molecule has 1 aliphatic carbocycles. The van der Waals surface area contributed by atoms with Gasteiger partial charge in [-0.25, -0.2) is 0 Å². The minimum absolute atomic E-state index is 0.0265. The smallest absolute Gasteiger partial charge is 0.235 e. The van der Waals surface area contributed by atoms with Gasteiger partial charge in [0, 0.05) is 42.4 Å². The van der Waals surface area contributed by atoms with E-state index in [1.165, 1.54) is 5.69 Å². The lowest BCUT2D eigenvalue weighted by atomic mass is 9.65. The number of hydrogen-bond donors (Lipinski definition) is 1. The van der Waals surface area contributed by atoms with Crippen molar-refractivity contribution >= 4 is 11.6 Å². The lowest BCUT2D eigenvalue weighted by Gasteiger charge is -2.53. The molecule has 1 saturated carbocycles. The van der Waals surface area contributed by atoms with Crippen LogP contribution in [0.1, 0.15) is 74.6 Å². The van der Waals surface area contributed by atoms with E-state index in [9.17, 15) is 9.90 Å². The van der Waals surface area contributed by atoms with Crippen LogP contribution in [-0.2, 0) is 4.79 Å². The first-order valence-corrected chi connectivity index (χ1v) is 14.3. The van der Waals surface area contributed by atoms with E-state index in [0.29, 0.717) is 13.0 Å². The van der Waals surface area contributed by atoms with Crippen molar-refractivity contribution < 1.29 is 14.6 Å². The minimum Gasteiger partial charge on any atom is -0.457 e. The van der Waals surface area contributed by atoms with Gasteiger partial charge in [-0.15, -0.1) is 0 Å². The zero-order chi connectivity index (χ0) is 26.3. The number of aliphatic hydroxyl groups is 1. The summed E-state index contributed by atoms with van der Waals surface area (Å²) >= 11 is 0. The lowest BCUT2D eigenvalue weighted by molar-refractivity contribution is -0.156.